The van der Waals surface area contributed by atoms with Crippen molar-refractivity contribution in [3.63, 3.8) is 0 Å². The fourth-order valence-corrected chi connectivity index (χ4v) is 3.02. The van der Waals surface area contributed by atoms with Gasteiger partial charge in [-0.1, -0.05) is 22.0 Å². The van der Waals surface area contributed by atoms with Gasteiger partial charge < -0.3 is 5.32 Å². The smallest absolute Gasteiger partial charge is 0.125 e. The normalized spacial score (nSPS) is 17.6. The lowest BCUT2D eigenvalue weighted by molar-refractivity contribution is 0.897. The van der Waals surface area contributed by atoms with Crippen molar-refractivity contribution in [3.05, 3.63) is 57.7 Å². The highest BCUT2D eigenvalue weighted by molar-refractivity contribution is 9.10. The molecule has 0 fully saturated rings. The van der Waals surface area contributed by atoms with Crippen LogP contribution in [-0.4, -0.2) is 22.0 Å². The van der Waals surface area contributed by atoms with Crippen LogP contribution in [0, 0.1) is 6.92 Å². The van der Waals surface area contributed by atoms with Crippen molar-refractivity contribution in [2.75, 3.05) is 5.32 Å². The summed E-state index contributed by atoms with van der Waals surface area (Å²) in [7, 11) is 0. The number of nitrogens with one attached hydrogen (secondary N) is 1. The average molecular weight is 391 g/mol. The molecule has 1 atom stereocenters. The van der Waals surface area contributed by atoms with E-state index in [1.807, 2.05) is 43.5 Å². The Morgan fingerprint density at radius 2 is 2.13 bits per heavy atom. The van der Waals surface area contributed by atoms with E-state index in [-0.39, 0.29) is 18.4 Å². The lowest BCUT2D eigenvalue weighted by atomic mass is 9.94. The summed E-state index contributed by atoms with van der Waals surface area (Å²) in [6, 6.07) is 7.90. The van der Waals surface area contributed by atoms with Crippen molar-refractivity contribution in [1.29, 1.82) is 0 Å². The molecular weight excluding hydrogens is 378 g/mol. The zero-order valence-electron chi connectivity index (χ0n) is 12.2. The molecular formula is C16H13BrClN5. The molecule has 23 heavy (non-hydrogen) atoms. The number of benzene rings is 1. The summed E-state index contributed by atoms with van der Waals surface area (Å²) in [4.78, 5) is 17.6. The molecule has 1 aliphatic carbocycles. The number of rotatable bonds is 2. The predicted octanol–water partition coefficient (Wildman–Crippen LogP) is 3.96. The number of aliphatic imine (C=N–C) groups is 2. The van der Waals surface area contributed by atoms with E-state index in [0.29, 0.717) is 0 Å². The molecule has 0 saturated heterocycles. The van der Waals surface area contributed by atoms with Crippen LogP contribution >= 0.6 is 28.3 Å². The summed E-state index contributed by atoms with van der Waals surface area (Å²) < 4.78 is 1.02. The lowest BCUT2D eigenvalue weighted by Gasteiger charge is -2.25. The van der Waals surface area contributed by atoms with Gasteiger partial charge in [0, 0.05) is 21.9 Å². The third-order valence-corrected chi connectivity index (χ3v) is 4.09. The van der Waals surface area contributed by atoms with Gasteiger partial charge in [0.05, 0.1) is 17.1 Å². The zero-order chi connectivity index (χ0) is 15.1. The quantitative estimate of drug-likeness (QED) is 0.844. The number of aromatic nitrogens is 2. The van der Waals surface area contributed by atoms with Gasteiger partial charge in [-0.15, -0.1) is 12.4 Å². The molecule has 7 heteroatoms. The molecule has 2 aromatic rings. The van der Waals surface area contributed by atoms with Crippen molar-refractivity contribution in [2.45, 2.75) is 13.0 Å². The monoisotopic (exact) mass is 389 g/mol. The second kappa shape index (κ2) is 6.22. The molecule has 1 unspecified atom stereocenters. The van der Waals surface area contributed by atoms with Gasteiger partial charge in [0.25, 0.3) is 0 Å². The van der Waals surface area contributed by atoms with Crippen molar-refractivity contribution in [2.24, 2.45) is 9.98 Å². The molecule has 0 amide bonds. The largest absolute Gasteiger partial charge is 0.371 e. The molecule has 0 bridgehead atoms. The van der Waals surface area contributed by atoms with E-state index in [2.05, 4.69) is 41.2 Å². The van der Waals surface area contributed by atoms with Gasteiger partial charge >= 0.3 is 0 Å². The minimum absolute atomic E-state index is 0. The van der Waals surface area contributed by atoms with Crippen LogP contribution in [0.4, 0.5) is 5.69 Å². The first kappa shape index (κ1) is 15.8. The Labute approximate surface area is 148 Å². The first-order valence-corrected chi connectivity index (χ1v) is 7.68. The van der Waals surface area contributed by atoms with Crippen LogP contribution in [0.1, 0.15) is 23.1 Å². The standard InChI is InChI=1S/C16H12BrN5.ClH/c1-9-18-7-10-5-13-15(20-8-19-13)16(14(10)21-9)22-12-4-2-3-11(17)6-12;/h2-8,16,22H,1H3;1H. The van der Waals surface area contributed by atoms with Crippen LogP contribution < -0.4 is 5.32 Å². The maximum absolute atomic E-state index is 4.61. The van der Waals surface area contributed by atoms with Gasteiger partial charge in [-0.2, -0.15) is 0 Å². The molecule has 2 aliphatic rings. The van der Waals surface area contributed by atoms with Crippen molar-refractivity contribution in [1.82, 2.24) is 9.97 Å². The van der Waals surface area contributed by atoms with E-state index in [1.165, 1.54) is 0 Å². The predicted molar refractivity (Wildman–Crippen MR) is 98.4 cm³/mol. The second-order valence-corrected chi connectivity index (χ2v) is 6.05. The van der Waals surface area contributed by atoms with Crippen LogP contribution in [0.3, 0.4) is 0 Å². The molecule has 2 heterocycles. The Balaban J connectivity index is 0.00000156. The molecule has 1 aromatic carbocycles. The molecule has 116 valence electrons. The third-order valence-electron chi connectivity index (χ3n) is 3.60. The van der Waals surface area contributed by atoms with Crippen LogP contribution in [0.25, 0.3) is 6.08 Å². The Kier molecular flexibility index (Phi) is 4.28. The van der Waals surface area contributed by atoms with Crippen LogP contribution in [0.5, 0.6) is 0 Å². The van der Waals surface area contributed by atoms with Crippen LogP contribution in [0.15, 0.2) is 50.6 Å². The number of anilines is 1. The minimum Gasteiger partial charge on any atom is -0.371 e. The minimum atomic E-state index is -0.131. The van der Waals surface area contributed by atoms with Gasteiger partial charge in [-0.25, -0.2) is 20.0 Å². The van der Waals surface area contributed by atoms with Gasteiger partial charge in [-0.05, 0) is 31.2 Å². The highest BCUT2D eigenvalue weighted by Crippen LogP contribution is 2.33. The van der Waals surface area contributed by atoms with E-state index in [1.54, 1.807) is 6.34 Å². The number of hydrogen-bond donors (Lipinski definition) is 1. The summed E-state index contributed by atoms with van der Waals surface area (Å²) in [5.74, 6) is 0.746. The summed E-state index contributed by atoms with van der Waals surface area (Å²) in [6.45, 7) is 1.89. The zero-order valence-corrected chi connectivity index (χ0v) is 14.6. The van der Waals surface area contributed by atoms with E-state index < -0.39 is 0 Å². The summed E-state index contributed by atoms with van der Waals surface area (Å²) in [5, 5.41) is 3.50. The van der Waals surface area contributed by atoms with Gasteiger partial charge in [0.2, 0.25) is 0 Å². The Bertz CT molecular complexity index is 859. The summed E-state index contributed by atoms with van der Waals surface area (Å²) in [6.07, 6.45) is 5.41. The molecule has 1 N–H and O–H groups in total. The second-order valence-electron chi connectivity index (χ2n) is 5.13. The van der Waals surface area contributed by atoms with Crippen molar-refractivity contribution < 1.29 is 0 Å². The molecule has 0 saturated carbocycles. The highest BCUT2D eigenvalue weighted by atomic mass is 79.9. The molecule has 0 radical (unpaired) electrons. The molecule has 4 rings (SSSR count). The maximum Gasteiger partial charge on any atom is 0.125 e. The topological polar surface area (TPSA) is 62.5 Å². The fraction of sp³-hybridized carbons (Fsp3) is 0.125. The first-order valence-electron chi connectivity index (χ1n) is 6.89. The molecule has 0 spiro atoms. The number of halogens is 2. The SMILES string of the molecule is Cc1ncc2c(n1)C(Nc1cccc(Br)c1)C1=NC=NC1=C2.Cl. The highest BCUT2D eigenvalue weighted by Gasteiger charge is 2.31. The van der Waals surface area contributed by atoms with Crippen molar-refractivity contribution in [3.8, 4) is 0 Å². The molecule has 5 nitrogen and oxygen atoms in total. The number of hydrogen-bond acceptors (Lipinski definition) is 5. The number of fused-ring (bicyclic) bond motifs is 2. The van der Waals surface area contributed by atoms with Gasteiger partial charge in [0.1, 0.15) is 18.2 Å². The number of aryl methyl sites for hydroxylation is 1. The van der Waals surface area contributed by atoms with Crippen LogP contribution in [-0.2, 0) is 0 Å². The third kappa shape index (κ3) is 2.92. The maximum atomic E-state index is 4.61. The summed E-state index contributed by atoms with van der Waals surface area (Å²) >= 11 is 3.49. The first-order chi connectivity index (χ1) is 10.7. The van der Waals surface area contributed by atoms with E-state index in [4.69, 9.17) is 0 Å². The van der Waals surface area contributed by atoms with E-state index in [9.17, 15) is 0 Å². The lowest BCUT2D eigenvalue weighted by Crippen LogP contribution is -2.26. The fourth-order valence-electron chi connectivity index (χ4n) is 2.62. The Morgan fingerprint density at radius 1 is 1.26 bits per heavy atom. The van der Waals surface area contributed by atoms with Crippen LogP contribution in [0.2, 0.25) is 0 Å². The Hall–Kier alpha value is -2.05. The van der Waals surface area contributed by atoms with E-state index >= 15 is 0 Å². The summed E-state index contributed by atoms with van der Waals surface area (Å²) in [5.41, 5.74) is 4.67. The molecule has 1 aromatic heterocycles. The van der Waals surface area contributed by atoms with Crippen molar-refractivity contribution >= 4 is 52.2 Å². The Morgan fingerprint density at radius 3 is 2.96 bits per heavy atom. The van der Waals surface area contributed by atoms with Gasteiger partial charge in [-0.3, -0.25) is 0 Å². The molecule has 1 aliphatic heterocycles. The average Bonchev–Trinajstić information content (AvgIpc) is 2.96. The number of nitrogens with zero attached hydrogens (tertiary/aromatic N) is 4. The van der Waals surface area contributed by atoms with Gasteiger partial charge in [0.15, 0.2) is 0 Å². The van der Waals surface area contributed by atoms with E-state index in [0.717, 1.165) is 38.7 Å².